The Labute approximate surface area is 90.9 Å². The van der Waals surface area contributed by atoms with Crippen molar-refractivity contribution in [3.63, 3.8) is 0 Å². The Hall–Kier alpha value is -0.220. The minimum atomic E-state index is -0.695. The first-order valence-corrected chi connectivity index (χ1v) is 6.30. The number of rotatable bonds is 9. The minimum Gasteiger partial charge on any atom is -0.481 e. The zero-order valence-corrected chi connectivity index (χ0v) is 9.98. The molecule has 3 nitrogen and oxygen atoms in total. The topological polar surface area (TPSA) is 40.5 Å². The number of thioether (sulfide) groups is 1. The van der Waals surface area contributed by atoms with Crippen LogP contribution in [0.5, 0.6) is 0 Å². The predicted molar refractivity (Wildman–Crippen MR) is 62.0 cm³/mol. The van der Waals surface area contributed by atoms with Gasteiger partial charge >= 0.3 is 5.97 Å². The minimum absolute atomic E-state index is 0.286. The van der Waals surface area contributed by atoms with Crippen molar-refractivity contribution in [2.45, 2.75) is 26.2 Å². The Morgan fingerprint density at radius 3 is 2.57 bits per heavy atom. The number of nitrogens with zero attached hydrogens (tertiary/aromatic N) is 1. The summed E-state index contributed by atoms with van der Waals surface area (Å²) >= 11 is 1.96. The number of aliphatic carboxylic acids is 1. The van der Waals surface area contributed by atoms with E-state index >= 15 is 0 Å². The molecule has 0 radical (unpaired) electrons. The average Bonchev–Trinajstić information content (AvgIpc) is 2.12. The molecule has 0 aromatic carbocycles. The third-order valence-corrected chi connectivity index (χ3v) is 2.95. The van der Waals surface area contributed by atoms with Crippen LogP contribution in [-0.2, 0) is 4.79 Å². The molecule has 0 saturated heterocycles. The lowest BCUT2D eigenvalue weighted by molar-refractivity contribution is -0.137. The number of hydrogen-bond acceptors (Lipinski definition) is 3. The SMILES string of the molecule is CCSCCCN(C)CCCC(=O)O. The summed E-state index contributed by atoms with van der Waals surface area (Å²) in [6.07, 6.45) is 2.24. The van der Waals surface area contributed by atoms with E-state index in [-0.39, 0.29) is 6.42 Å². The molecule has 0 fully saturated rings. The molecule has 14 heavy (non-hydrogen) atoms. The molecule has 0 spiro atoms. The van der Waals surface area contributed by atoms with Crippen molar-refractivity contribution < 1.29 is 9.90 Å². The maximum Gasteiger partial charge on any atom is 0.303 e. The fourth-order valence-corrected chi connectivity index (χ4v) is 1.81. The Morgan fingerprint density at radius 2 is 2.00 bits per heavy atom. The van der Waals surface area contributed by atoms with E-state index in [2.05, 4.69) is 18.9 Å². The van der Waals surface area contributed by atoms with Gasteiger partial charge in [-0.1, -0.05) is 6.92 Å². The summed E-state index contributed by atoms with van der Waals surface area (Å²) in [4.78, 5) is 12.5. The summed E-state index contributed by atoms with van der Waals surface area (Å²) in [6.45, 7) is 4.14. The van der Waals surface area contributed by atoms with E-state index in [4.69, 9.17) is 5.11 Å². The lowest BCUT2D eigenvalue weighted by Crippen LogP contribution is -2.22. The van der Waals surface area contributed by atoms with Crippen LogP contribution in [0, 0.1) is 0 Å². The monoisotopic (exact) mass is 219 g/mol. The highest BCUT2D eigenvalue weighted by Gasteiger charge is 2.00. The van der Waals surface area contributed by atoms with E-state index in [1.165, 1.54) is 17.9 Å². The summed E-state index contributed by atoms with van der Waals surface area (Å²) in [6, 6.07) is 0. The van der Waals surface area contributed by atoms with Gasteiger partial charge < -0.3 is 10.0 Å². The fraction of sp³-hybridized carbons (Fsp3) is 0.900. The molecule has 0 atom stereocenters. The third-order valence-electron chi connectivity index (χ3n) is 1.96. The van der Waals surface area contributed by atoms with Crippen LogP contribution >= 0.6 is 11.8 Å². The fourth-order valence-electron chi connectivity index (χ4n) is 1.19. The molecule has 0 aliphatic rings. The summed E-state index contributed by atoms with van der Waals surface area (Å²) in [5.41, 5.74) is 0. The van der Waals surface area contributed by atoms with Crippen LogP contribution in [0.3, 0.4) is 0 Å². The molecule has 84 valence electrons. The maximum absolute atomic E-state index is 10.3. The average molecular weight is 219 g/mol. The van der Waals surface area contributed by atoms with Crippen LogP contribution in [0.4, 0.5) is 0 Å². The molecule has 0 rings (SSSR count). The van der Waals surface area contributed by atoms with E-state index in [1.807, 2.05) is 11.8 Å². The quantitative estimate of drug-likeness (QED) is 0.602. The van der Waals surface area contributed by atoms with Crippen molar-refractivity contribution >= 4 is 17.7 Å². The van der Waals surface area contributed by atoms with E-state index in [9.17, 15) is 4.79 Å². The molecule has 0 aromatic heterocycles. The first kappa shape index (κ1) is 13.8. The Bertz CT molecular complexity index is 153. The number of carboxylic acids is 1. The van der Waals surface area contributed by atoms with Gasteiger partial charge in [-0.2, -0.15) is 11.8 Å². The maximum atomic E-state index is 10.3. The molecule has 0 unspecified atom stereocenters. The van der Waals surface area contributed by atoms with Crippen LogP contribution in [0.15, 0.2) is 0 Å². The number of carboxylic acid groups (broad SMARTS) is 1. The molecule has 0 amide bonds. The summed E-state index contributed by atoms with van der Waals surface area (Å²) < 4.78 is 0. The van der Waals surface area contributed by atoms with Gasteiger partial charge in [-0.25, -0.2) is 0 Å². The molecule has 0 aliphatic carbocycles. The van der Waals surface area contributed by atoms with Gasteiger partial charge in [0.1, 0.15) is 0 Å². The highest BCUT2D eigenvalue weighted by molar-refractivity contribution is 7.99. The molecule has 0 bridgehead atoms. The van der Waals surface area contributed by atoms with Gasteiger partial charge in [0, 0.05) is 6.42 Å². The third kappa shape index (κ3) is 9.86. The van der Waals surface area contributed by atoms with Crippen LogP contribution in [-0.4, -0.2) is 47.6 Å². The number of hydrogen-bond donors (Lipinski definition) is 1. The standard InChI is InChI=1S/C10H21NO2S/c1-3-14-9-5-8-11(2)7-4-6-10(12)13/h3-9H2,1-2H3,(H,12,13). The lowest BCUT2D eigenvalue weighted by atomic mass is 10.3. The van der Waals surface area contributed by atoms with Crippen molar-refractivity contribution in [3.05, 3.63) is 0 Å². The number of carbonyl (C=O) groups is 1. The summed E-state index contributed by atoms with van der Waals surface area (Å²) in [5.74, 6) is 1.70. The van der Waals surface area contributed by atoms with E-state index in [1.54, 1.807) is 0 Å². The van der Waals surface area contributed by atoms with Crippen molar-refractivity contribution in [2.75, 3.05) is 31.6 Å². The van der Waals surface area contributed by atoms with Crippen LogP contribution in [0.25, 0.3) is 0 Å². The van der Waals surface area contributed by atoms with E-state index < -0.39 is 5.97 Å². The largest absolute Gasteiger partial charge is 0.481 e. The first-order chi connectivity index (χ1) is 6.66. The van der Waals surface area contributed by atoms with Crippen molar-refractivity contribution in [1.29, 1.82) is 0 Å². The second-order valence-electron chi connectivity index (χ2n) is 3.35. The van der Waals surface area contributed by atoms with Gasteiger partial charge in [0.25, 0.3) is 0 Å². The highest BCUT2D eigenvalue weighted by atomic mass is 32.2. The zero-order chi connectivity index (χ0) is 10.8. The van der Waals surface area contributed by atoms with Crippen molar-refractivity contribution in [1.82, 2.24) is 4.90 Å². The second-order valence-corrected chi connectivity index (χ2v) is 4.74. The lowest BCUT2D eigenvalue weighted by Gasteiger charge is -2.15. The van der Waals surface area contributed by atoms with Gasteiger partial charge in [0.2, 0.25) is 0 Å². The van der Waals surface area contributed by atoms with Crippen LogP contribution < -0.4 is 0 Å². The molecule has 0 heterocycles. The summed E-state index contributed by atoms with van der Waals surface area (Å²) in [7, 11) is 2.05. The first-order valence-electron chi connectivity index (χ1n) is 5.15. The van der Waals surface area contributed by atoms with E-state index in [0.29, 0.717) is 0 Å². The van der Waals surface area contributed by atoms with E-state index in [0.717, 1.165) is 19.5 Å². The van der Waals surface area contributed by atoms with Crippen LogP contribution in [0.1, 0.15) is 26.2 Å². The smallest absolute Gasteiger partial charge is 0.303 e. The molecule has 0 aromatic rings. The molecular weight excluding hydrogens is 198 g/mol. The zero-order valence-electron chi connectivity index (χ0n) is 9.16. The van der Waals surface area contributed by atoms with Gasteiger partial charge in [-0.15, -0.1) is 0 Å². The highest BCUT2D eigenvalue weighted by Crippen LogP contribution is 2.02. The molecule has 0 saturated carbocycles. The van der Waals surface area contributed by atoms with Gasteiger partial charge in [-0.05, 0) is 44.5 Å². The van der Waals surface area contributed by atoms with Gasteiger partial charge in [0.05, 0.1) is 0 Å². The molecule has 0 aliphatic heterocycles. The van der Waals surface area contributed by atoms with Crippen LogP contribution in [0.2, 0.25) is 0 Å². The normalized spacial score (nSPS) is 10.8. The Morgan fingerprint density at radius 1 is 1.36 bits per heavy atom. The second kappa shape index (κ2) is 9.34. The van der Waals surface area contributed by atoms with Gasteiger partial charge in [-0.3, -0.25) is 4.79 Å². The Kier molecular flexibility index (Phi) is 9.19. The van der Waals surface area contributed by atoms with Gasteiger partial charge in [0.15, 0.2) is 0 Å². The molecule has 4 heteroatoms. The predicted octanol–water partition coefficient (Wildman–Crippen LogP) is 1.93. The van der Waals surface area contributed by atoms with Crippen molar-refractivity contribution in [3.8, 4) is 0 Å². The summed E-state index contributed by atoms with van der Waals surface area (Å²) in [5, 5.41) is 8.45. The van der Waals surface area contributed by atoms with Crippen molar-refractivity contribution in [2.24, 2.45) is 0 Å². The molecular formula is C10H21NO2S. The Balaban J connectivity index is 3.19. The molecule has 1 N–H and O–H groups in total.